The summed E-state index contributed by atoms with van der Waals surface area (Å²) in [6.07, 6.45) is 1.58. The first-order valence-electron chi connectivity index (χ1n) is 6.33. The van der Waals surface area contributed by atoms with Crippen LogP contribution in [-0.4, -0.2) is 44.0 Å². The molecule has 0 rings (SSSR count). The van der Waals surface area contributed by atoms with Crippen molar-refractivity contribution in [2.24, 2.45) is 0 Å². The maximum Gasteiger partial charge on any atom is 0.407 e. The number of alkyl carbamates (subject to hydrolysis) is 1. The van der Waals surface area contributed by atoms with Crippen LogP contribution < -0.4 is 5.32 Å². The van der Waals surface area contributed by atoms with Crippen molar-refractivity contribution in [2.75, 3.05) is 19.8 Å². The lowest BCUT2D eigenvalue weighted by molar-refractivity contribution is -0.138. The maximum absolute atomic E-state index is 11.3. The molecular weight excluding hydrogens is 250 g/mol. The Labute approximate surface area is 114 Å². The van der Waals surface area contributed by atoms with Crippen molar-refractivity contribution >= 4 is 12.1 Å². The molecule has 2 atom stereocenters. The molecule has 0 spiro atoms. The minimum Gasteiger partial charge on any atom is -0.460 e. The highest BCUT2D eigenvalue weighted by molar-refractivity contribution is 5.81. The standard InChI is InChI=1S/C13H23NO5/c1-5-11(4)17-7-8-18-13(16)14-10(3)9-19-12(15)6-2/h6,10-11H,2,5,7-9H2,1,3-4H3,(H,14,16). The Hall–Kier alpha value is -1.56. The average Bonchev–Trinajstić information content (AvgIpc) is 2.40. The van der Waals surface area contributed by atoms with Crippen LogP contribution in [0, 0.1) is 0 Å². The molecule has 2 unspecified atom stereocenters. The molecule has 0 heterocycles. The van der Waals surface area contributed by atoms with Crippen molar-refractivity contribution < 1.29 is 23.8 Å². The van der Waals surface area contributed by atoms with Crippen molar-refractivity contribution in [1.82, 2.24) is 5.32 Å². The average molecular weight is 273 g/mol. The van der Waals surface area contributed by atoms with Crippen LogP contribution in [0.1, 0.15) is 27.2 Å². The van der Waals surface area contributed by atoms with Gasteiger partial charge in [0.1, 0.15) is 13.2 Å². The zero-order valence-electron chi connectivity index (χ0n) is 11.8. The minimum atomic E-state index is -0.560. The van der Waals surface area contributed by atoms with Gasteiger partial charge in [-0.3, -0.25) is 0 Å². The van der Waals surface area contributed by atoms with Gasteiger partial charge in [0.2, 0.25) is 0 Å². The van der Waals surface area contributed by atoms with Gasteiger partial charge in [-0.15, -0.1) is 0 Å². The Kier molecular flexibility index (Phi) is 9.52. The Balaban J connectivity index is 3.62. The molecule has 110 valence electrons. The molecule has 0 aromatic carbocycles. The van der Waals surface area contributed by atoms with Crippen LogP contribution in [0.25, 0.3) is 0 Å². The van der Waals surface area contributed by atoms with E-state index in [-0.39, 0.29) is 25.4 Å². The van der Waals surface area contributed by atoms with Gasteiger partial charge < -0.3 is 19.5 Å². The summed E-state index contributed by atoms with van der Waals surface area (Å²) in [6, 6.07) is -0.327. The lowest BCUT2D eigenvalue weighted by atomic mass is 10.3. The summed E-state index contributed by atoms with van der Waals surface area (Å²) in [4.78, 5) is 22.1. The summed E-state index contributed by atoms with van der Waals surface area (Å²) < 4.78 is 15.0. The summed E-state index contributed by atoms with van der Waals surface area (Å²) in [5.74, 6) is -0.524. The smallest absolute Gasteiger partial charge is 0.407 e. The van der Waals surface area contributed by atoms with E-state index in [1.54, 1.807) is 6.92 Å². The van der Waals surface area contributed by atoms with Crippen molar-refractivity contribution in [3.8, 4) is 0 Å². The van der Waals surface area contributed by atoms with E-state index in [4.69, 9.17) is 14.2 Å². The number of ether oxygens (including phenoxy) is 3. The monoisotopic (exact) mass is 273 g/mol. The number of amides is 1. The highest BCUT2D eigenvalue weighted by Crippen LogP contribution is 1.95. The van der Waals surface area contributed by atoms with Gasteiger partial charge in [0.05, 0.1) is 18.8 Å². The summed E-state index contributed by atoms with van der Waals surface area (Å²) >= 11 is 0. The van der Waals surface area contributed by atoms with Gasteiger partial charge in [-0.05, 0) is 20.3 Å². The molecule has 0 aromatic rings. The first kappa shape index (κ1) is 17.4. The Morgan fingerprint density at radius 1 is 1.26 bits per heavy atom. The first-order chi connectivity index (χ1) is 8.99. The number of hydrogen-bond donors (Lipinski definition) is 1. The van der Waals surface area contributed by atoms with E-state index in [0.29, 0.717) is 6.61 Å². The molecule has 0 bridgehead atoms. The number of carbonyl (C=O) groups excluding carboxylic acids is 2. The van der Waals surface area contributed by atoms with Gasteiger partial charge in [0, 0.05) is 6.08 Å². The van der Waals surface area contributed by atoms with E-state index >= 15 is 0 Å². The summed E-state index contributed by atoms with van der Waals surface area (Å²) in [5.41, 5.74) is 0. The third-order valence-electron chi connectivity index (χ3n) is 2.30. The van der Waals surface area contributed by atoms with Crippen molar-refractivity contribution in [1.29, 1.82) is 0 Å². The topological polar surface area (TPSA) is 73.9 Å². The molecule has 1 N–H and O–H groups in total. The second-order valence-electron chi connectivity index (χ2n) is 4.11. The van der Waals surface area contributed by atoms with E-state index in [9.17, 15) is 9.59 Å². The van der Waals surface area contributed by atoms with Gasteiger partial charge in [0.25, 0.3) is 0 Å². The number of esters is 1. The highest BCUT2D eigenvalue weighted by Gasteiger charge is 2.10. The summed E-state index contributed by atoms with van der Waals surface area (Å²) in [5, 5.41) is 2.53. The predicted molar refractivity (Wildman–Crippen MR) is 70.8 cm³/mol. The molecule has 6 nitrogen and oxygen atoms in total. The Morgan fingerprint density at radius 2 is 1.95 bits per heavy atom. The van der Waals surface area contributed by atoms with E-state index in [2.05, 4.69) is 11.9 Å². The third kappa shape index (κ3) is 10.1. The summed E-state index contributed by atoms with van der Waals surface area (Å²) in [6.45, 7) is 9.57. The number of carbonyl (C=O) groups is 2. The van der Waals surface area contributed by atoms with Crippen LogP contribution in [0.2, 0.25) is 0 Å². The predicted octanol–water partition coefficient (Wildman–Crippen LogP) is 1.65. The van der Waals surface area contributed by atoms with Crippen LogP contribution in [0.3, 0.4) is 0 Å². The first-order valence-corrected chi connectivity index (χ1v) is 6.33. The lowest BCUT2D eigenvalue weighted by Gasteiger charge is -2.14. The second-order valence-corrected chi connectivity index (χ2v) is 4.11. The van der Waals surface area contributed by atoms with Crippen LogP contribution >= 0.6 is 0 Å². The van der Waals surface area contributed by atoms with Gasteiger partial charge in [0.15, 0.2) is 0 Å². The van der Waals surface area contributed by atoms with Crippen molar-refractivity contribution in [3.63, 3.8) is 0 Å². The third-order valence-corrected chi connectivity index (χ3v) is 2.30. The Morgan fingerprint density at radius 3 is 2.53 bits per heavy atom. The summed E-state index contributed by atoms with van der Waals surface area (Å²) in [7, 11) is 0. The SMILES string of the molecule is C=CC(=O)OCC(C)NC(=O)OCCOC(C)CC. The molecule has 6 heteroatoms. The van der Waals surface area contributed by atoms with E-state index in [1.807, 2.05) is 13.8 Å². The number of rotatable bonds is 9. The molecule has 1 amide bonds. The zero-order chi connectivity index (χ0) is 14.7. The molecular formula is C13H23NO5. The van der Waals surface area contributed by atoms with Gasteiger partial charge >= 0.3 is 12.1 Å². The molecule has 0 saturated carbocycles. The fourth-order valence-corrected chi connectivity index (χ4v) is 1.05. The highest BCUT2D eigenvalue weighted by atomic mass is 16.6. The van der Waals surface area contributed by atoms with Crippen LogP contribution in [0.5, 0.6) is 0 Å². The van der Waals surface area contributed by atoms with Crippen LogP contribution in [0.4, 0.5) is 4.79 Å². The molecule has 0 aliphatic heterocycles. The molecule has 0 aromatic heterocycles. The minimum absolute atomic E-state index is 0.0727. The molecule has 0 radical (unpaired) electrons. The molecule has 0 aliphatic carbocycles. The van der Waals surface area contributed by atoms with Crippen molar-refractivity contribution in [3.05, 3.63) is 12.7 Å². The second kappa shape index (κ2) is 10.4. The fourth-order valence-electron chi connectivity index (χ4n) is 1.05. The lowest BCUT2D eigenvalue weighted by Crippen LogP contribution is -2.37. The molecule has 19 heavy (non-hydrogen) atoms. The van der Waals surface area contributed by atoms with Gasteiger partial charge in [-0.2, -0.15) is 0 Å². The van der Waals surface area contributed by atoms with Crippen LogP contribution in [-0.2, 0) is 19.0 Å². The van der Waals surface area contributed by atoms with E-state index in [0.717, 1.165) is 12.5 Å². The van der Waals surface area contributed by atoms with Gasteiger partial charge in [-0.25, -0.2) is 9.59 Å². The largest absolute Gasteiger partial charge is 0.460 e. The van der Waals surface area contributed by atoms with E-state index in [1.165, 1.54) is 0 Å². The van der Waals surface area contributed by atoms with Gasteiger partial charge in [-0.1, -0.05) is 13.5 Å². The molecule has 0 fully saturated rings. The zero-order valence-corrected chi connectivity index (χ0v) is 11.8. The normalized spacial score (nSPS) is 13.2. The quantitative estimate of drug-likeness (QED) is 0.393. The number of nitrogens with one attached hydrogen (secondary N) is 1. The maximum atomic E-state index is 11.3. The number of hydrogen-bond acceptors (Lipinski definition) is 5. The molecule has 0 saturated heterocycles. The van der Waals surface area contributed by atoms with Crippen LogP contribution in [0.15, 0.2) is 12.7 Å². The van der Waals surface area contributed by atoms with Crippen molar-refractivity contribution in [2.45, 2.75) is 39.3 Å². The Bertz CT molecular complexity index is 293. The fraction of sp³-hybridized carbons (Fsp3) is 0.692. The molecule has 0 aliphatic rings. The van der Waals surface area contributed by atoms with E-state index < -0.39 is 12.1 Å².